The number of pyridine rings is 1. The number of aryl methyl sites for hydroxylation is 1. The molecule has 0 unspecified atom stereocenters. The van der Waals surface area contributed by atoms with E-state index in [2.05, 4.69) is 41.5 Å². The van der Waals surface area contributed by atoms with Crippen LogP contribution >= 0.6 is 0 Å². The summed E-state index contributed by atoms with van der Waals surface area (Å²) in [4.78, 5) is 17.4. The van der Waals surface area contributed by atoms with Gasteiger partial charge in [0, 0.05) is 38.5 Å². The molecule has 0 bridgehead atoms. The van der Waals surface area contributed by atoms with Crippen LogP contribution in [0.25, 0.3) is 11.3 Å². The van der Waals surface area contributed by atoms with Crippen molar-refractivity contribution in [3.63, 3.8) is 0 Å². The number of nitrogens with one attached hydrogen (secondary N) is 3. The van der Waals surface area contributed by atoms with Crippen molar-refractivity contribution in [2.75, 3.05) is 30.8 Å². The van der Waals surface area contributed by atoms with Gasteiger partial charge in [-0.1, -0.05) is 12.1 Å². The Labute approximate surface area is 190 Å². The maximum absolute atomic E-state index is 13.3. The molecule has 3 heterocycles. The average Bonchev–Trinajstić information content (AvgIpc) is 3.48. The van der Waals surface area contributed by atoms with Crippen molar-refractivity contribution in [1.82, 2.24) is 20.1 Å². The van der Waals surface area contributed by atoms with Crippen LogP contribution < -0.4 is 16.0 Å². The van der Waals surface area contributed by atoms with Crippen LogP contribution in [0.15, 0.2) is 64.1 Å². The molecule has 33 heavy (non-hydrogen) atoms. The summed E-state index contributed by atoms with van der Waals surface area (Å²) in [5.74, 6) is 0.704. The summed E-state index contributed by atoms with van der Waals surface area (Å²) in [5, 5.41) is 25.0. The summed E-state index contributed by atoms with van der Waals surface area (Å²) in [6, 6.07) is 11.0. The van der Waals surface area contributed by atoms with Gasteiger partial charge in [0.2, 0.25) is 5.91 Å². The number of carbonyl (C=O) groups is 1. The molecular weight excluding hydrogens is 425 g/mol. The van der Waals surface area contributed by atoms with Crippen molar-refractivity contribution in [2.45, 2.75) is 12.5 Å². The van der Waals surface area contributed by atoms with Gasteiger partial charge in [0.15, 0.2) is 0 Å². The fourth-order valence-electron chi connectivity index (χ4n) is 3.35. The first kappa shape index (κ1) is 22.2. The van der Waals surface area contributed by atoms with Gasteiger partial charge in [0.05, 0.1) is 17.4 Å². The summed E-state index contributed by atoms with van der Waals surface area (Å²) in [6.07, 6.45) is 2.06. The molecule has 4 rings (SSSR count). The van der Waals surface area contributed by atoms with Crippen LogP contribution in [0, 0.1) is 5.82 Å². The molecule has 0 saturated heterocycles. The number of anilines is 2. The van der Waals surface area contributed by atoms with Crippen molar-refractivity contribution in [2.24, 2.45) is 22.5 Å². The van der Waals surface area contributed by atoms with Gasteiger partial charge in [-0.05, 0) is 41.5 Å². The zero-order chi connectivity index (χ0) is 23.2. The van der Waals surface area contributed by atoms with E-state index in [0.717, 1.165) is 22.7 Å². The van der Waals surface area contributed by atoms with Gasteiger partial charge in [-0.15, -0.1) is 5.10 Å². The number of benzene rings is 1. The summed E-state index contributed by atoms with van der Waals surface area (Å²) < 4.78 is 14.9. The van der Waals surface area contributed by atoms with Gasteiger partial charge in [-0.3, -0.25) is 9.48 Å². The number of rotatable bonds is 9. The molecule has 3 aromatic rings. The van der Waals surface area contributed by atoms with Crippen LogP contribution in [0.4, 0.5) is 16.0 Å². The van der Waals surface area contributed by atoms with Crippen molar-refractivity contribution in [1.29, 1.82) is 0 Å². The monoisotopic (exact) mass is 449 g/mol. The number of amides is 1. The lowest BCUT2D eigenvalue weighted by molar-refractivity contribution is -0.118. The average molecular weight is 449 g/mol. The summed E-state index contributed by atoms with van der Waals surface area (Å²) in [7, 11) is 3.56. The van der Waals surface area contributed by atoms with Crippen LogP contribution in [-0.4, -0.2) is 52.6 Å². The second-order valence-electron chi connectivity index (χ2n) is 7.53. The smallest absolute Gasteiger partial charge is 0.243 e. The molecule has 0 aliphatic carbocycles. The van der Waals surface area contributed by atoms with E-state index >= 15 is 0 Å². The SMILES string of the molecule is CNc1cc(-c2cc(NC(=O)[C@H](Cc3ccc(F)cc3)NCC3=NN=NC3)n(C)n2)ccn1. The Hall–Kier alpha value is -3.99. The Morgan fingerprint density at radius 3 is 2.76 bits per heavy atom. The maximum atomic E-state index is 13.3. The number of halogens is 1. The molecular formula is C22H24FN9O. The third-order valence-electron chi connectivity index (χ3n) is 5.17. The molecule has 170 valence electrons. The Morgan fingerprint density at radius 1 is 1.21 bits per heavy atom. The lowest BCUT2D eigenvalue weighted by Crippen LogP contribution is -2.44. The third kappa shape index (κ3) is 5.63. The Balaban J connectivity index is 1.50. The largest absolute Gasteiger partial charge is 0.373 e. The Bertz CT molecular complexity index is 1190. The van der Waals surface area contributed by atoms with Crippen LogP contribution in [0.3, 0.4) is 0 Å². The lowest BCUT2D eigenvalue weighted by Gasteiger charge is -2.18. The first-order valence-electron chi connectivity index (χ1n) is 10.4. The minimum atomic E-state index is -0.589. The normalized spacial score (nSPS) is 13.6. The van der Waals surface area contributed by atoms with E-state index in [1.807, 2.05) is 12.1 Å². The Morgan fingerprint density at radius 2 is 2.03 bits per heavy atom. The molecule has 1 aromatic carbocycles. The van der Waals surface area contributed by atoms with Gasteiger partial charge in [-0.25, -0.2) is 9.37 Å². The van der Waals surface area contributed by atoms with Gasteiger partial charge < -0.3 is 16.0 Å². The number of carbonyl (C=O) groups excluding carboxylic acids is 1. The molecule has 0 fully saturated rings. The number of aromatic nitrogens is 3. The number of hydrogen-bond acceptors (Lipinski definition) is 8. The molecule has 3 N–H and O–H groups in total. The quantitative estimate of drug-likeness (QED) is 0.464. The highest BCUT2D eigenvalue weighted by atomic mass is 19.1. The molecule has 0 saturated carbocycles. The number of nitrogens with zero attached hydrogens (tertiary/aromatic N) is 6. The molecule has 1 aliphatic heterocycles. The summed E-state index contributed by atoms with van der Waals surface area (Å²) in [6.45, 7) is 0.774. The van der Waals surface area contributed by atoms with Crippen molar-refractivity contribution >= 4 is 23.3 Å². The molecule has 1 amide bonds. The van der Waals surface area contributed by atoms with E-state index in [4.69, 9.17) is 0 Å². The van der Waals surface area contributed by atoms with Crippen LogP contribution in [0.1, 0.15) is 5.56 Å². The topological polar surface area (TPSA) is 121 Å². The van der Waals surface area contributed by atoms with E-state index in [9.17, 15) is 9.18 Å². The van der Waals surface area contributed by atoms with Crippen molar-refractivity contribution < 1.29 is 9.18 Å². The third-order valence-corrected chi connectivity index (χ3v) is 5.17. The Kier molecular flexibility index (Phi) is 6.79. The molecule has 10 nitrogen and oxygen atoms in total. The van der Waals surface area contributed by atoms with Gasteiger partial charge >= 0.3 is 0 Å². The molecule has 1 aliphatic rings. The minimum absolute atomic E-state index is 0.244. The predicted octanol–water partition coefficient (Wildman–Crippen LogP) is 2.62. The summed E-state index contributed by atoms with van der Waals surface area (Å²) >= 11 is 0. The molecule has 1 atom stereocenters. The molecule has 2 aromatic heterocycles. The van der Waals surface area contributed by atoms with Crippen LogP contribution in [0.5, 0.6) is 0 Å². The van der Waals surface area contributed by atoms with Crippen LogP contribution in [-0.2, 0) is 18.3 Å². The fourth-order valence-corrected chi connectivity index (χ4v) is 3.35. The van der Waals surface area contributed by atoms with E-state index in [0.29, 0.717) is 31.0 Å². The van der Waals surface area contributed by atoms with Gasteiger partial charge in [0.25, 0.3) is 0 Å². The van der Waals surface area contributed by atoms with E-state index in [1.54, 1.807) is 43.2 Å². The zero-order valence-electron chi connectivity index (χ0n) is 18.3. The van der Waals surface area contributed by atoms with E-state index in [-0.39, 0.29) is 11.7 Å². The van der Waals surface area contributed by atoms with Crippen LogP contribution in [0.2, 0.25) is 0 Å². The first-order chi connectivity index (χ1) is 16.0. The number of hydrogen-bond donors (Lipinski definition) is 3. The highest BCUT2D eigenvalue weighted by Gasteiger charge is 2.22. The van der Waals surface area contributed by atoms with Crippen molar-refractivity contribution in [3.05, 3.63) is 60.0 Å². The lowest BCUT2D eigenvalue weighted by atomic mass is 10.0. The molecule has 11 heteroatoms. The van der Waals surface area contributed by atoms with Crippen molar-refractivity contribution in [3.8, 4) is 11.3 Å². The second kappa shape index (κ2) is 10.1. The second-order valence-corrected chi connectivity index (χ2v) is 7.53. The van der Waals surface area contributed by atoms with E-state index < -0.39 is 6.04 Å². The highest BCUT2D eigenvalue weighted by Crippen LogP contribution is 2.23. The fraction of sp³-hybridized carbons (Fsp3) is 0.273. The highest BCUT2D eigenvalue weighted by molar-refractivity contribution is 5.96. The maximum Gasteiger partial charge on any atom is 0.243 e. The predicted molar refractivity (Wildman–Crippen MR) is 124 cm³/mol. The summed E-state index contributed by atoms with van der Waals surface area (Å²) in [5.41, 5.74) is 3.15. The van der Waals surface area contributed by atoms with Gasteiger partial charge in [0.1, 0.15) is 24.0 Å². The van der Waals surface area contributed by atoms with Gasteiger partial charge in [-0.2, -0.15) is 10.2 Å². The first-order valence-corrected chi connectivity index (χ1v) is 10.4. The standard InChI is InChI=1S/C22H24FN9O/c1-24-20-10-15(7-8-25-20)18-11-21(32(2)30-18)28-22(33)19(26-12-17-13-27-31-29-17)9-14-3-5-16(23)6-4-14/h3-8,10-11,19,26H,9,12-13H2,1-2H3,(H,24,25)(H,28,33)/t19-/m0/s1. The minimum Gasteiger partial charge on any atom is -0.373 e. The molecule has 0 spiro atoms. The zero-order valence-corrected chi connectivity index (χ0v) is 18.3. The van der Waals surface area contributed by atoms with E-state index in [1.165, 1.54) is 12.1 Å². The molecule has 0 radical (unpaired) electrons.